The molecule has 2 aliphatic rings. The number of benzene rings is 1. The van der Waals surface area contributed by atoms with Crippen molar-refractivity contribution in [3.63, 3.8) is 0 Å². The van der Waals surface area contributed by atoms with Crippen molar-refractivity contribution >= 4 is 23.4 Å². The maximum atomic E-state index is 12.4. The van der Waals surface area contributed by atoms with Crippen molar-refractivity contribution in [2.24, 2.45) is 5.41 Å². The van der Waals surface area contributed by atoms with Gasteiger partial charge in [0.25, 0.3) is 5.91 Å². The quantitative estimate of drug-likeness (QED) is 0.931. The van der Waals surface area contributed by atoms with E-state index in [1.807, 2.05) is 4.90 Å². The van der Waals surface area contributed by atoms with E-state index in [1.54, 1.807) is 31.2 Å². The lowest BCUT2D eigenvalue weighted by atomic mass is 9.93. The van der Waals surface area contributed by atoms with Gasteiger partial charge in [-0.15, -0.1) is 0 Å². The fraction of sp³-hybridized carbons (Fsp3) is 0.529. The topological polar surface area (TPSA) is 49.4 Å². The molecule has 2 amide bonds. The molecule has 1 saturated heterocycles. The molecule has 4 nitrogen and oxygen atoms in total. The third-order valence-corrected chi connectivity index (χ3v) is 5.17. The highest BCUT2D eigenvalue weighted by Crippen LogP contribution is 2.53. The molecule has 1 spiro atoms. The number of nitrogens with zero attached hydrogens (tertiary/aromatic N) is 1. The largest absolute Gasteiger partial charge is 0.341 e. The Labute approximate surface area is 135 Å². The van der Waals surface area contributed by atoms with Crippen LogP contribution in [0.25, 0.3) is 0 Å². The summed E-state index contributed by atoms with van der Waals surface area (Å²) in [4.78, 5) is 26.5. The highest BCUT2D eigenvalue weighted by atomic mass is 35.5. The third kappa shape index (κ3) is 3.27. The Kier molecular flexibility index (Phi) is 4.13. The molecule has 1 unspecified atom stereocenters. The molecule has 22 heavy (non-hydrogen) atoms. The fourth-order valence-corrected chi connectivity index (χ4v) is 3.22. The zero-order chi connectivity index (χ0) is 15.7. The van der Waals surface area contributed by atoms with Crippen molar-refractivity contribution in [1.29, 1.82) is 0 Å². The van der Waals surface area contributed by atoms with Crippen molar-refractivity contribution in [2.45, 2.75) is 38.6 Å². The van der Waals surface area contributed by atoms with Gasteiger partial charge in [0.1, 0.15) is 6.04 Å². The number of amides is 2. The van der Waals surface area contributed by atoms with E-state index in [0.29, 0.717) is 16.0 Å². The van der Waals surface area contributed by atoms with Gasteiger partial charge in [0.2, 0.25) is 5.91 Å². The van der Waals surface area contributed by atoms with Crippen LogP contribution in [0.4, 0.5) is 0 Å². The Morgan fingerprint density at radius 1 is 1.14 bits per heavy atom. The zero-order valence-electron chi connectivity index (χ0n) is 12.8. The molecule has 0 aromatic heterocycles. The van der Waals surface area contributed by atoms with E-state index in [4.69, 9.17) is 11.6 Å². The van der Waals surface area contributed by atoms with Gasteiger partial charge in [0, 0.05) is 23.7 Å². The Bertz CT molecular complexity index is 571. The van der Waals surface area contributed by atoms with Gasteiger partial charge >= 0.3 is 0 Å². The fourth-order valence-electron chi connectivity index (χ4n) is 3.10. The second-order valence-corrected chi connectivity index (χ2v) is 6.96. The second kappa shape index (κ2) is 5.92. The molecule has 1 aliphatic carbocycles. The van der Waals surface area contributed by atoms with E-state index >= 15 is 0 Å². The molecule has 118 valence electrons. The van der Waals surface area contributed by atoms with Gasteiger partial charge in [0.15, 0.2) is 0 Å². The smallest absolute Gasteiger partial charge is 0.251 e. The van der Waals surface area contributed by atoms with E-state index in [0.717, 1.165) is 25.9 Å². The number of halogens is 1. The minimum atomic E-state index is -0.503. The number of carbonyl (C=O) groups is 2. The first kappa shape index (κ1) is 15.3. The maximum Gasteiger partial charge on any atom is 0.251 e. The Balaban J connectivity index is 1.54. The number of nitrogens with one attached hydrogen (secondary N) is 1. The molecule has 1 heterocycles. The summed E-state index contributed by atoms with van der Waals surface area (Å²) in [5.41, 5.74) is 1.06. The lowest BCUT2D eigenvalue weighted by molar-refractivity contribution is -0.134. The first-order valence-electron chi connectivity index (χ1n) is 7.84. The molecule has 3 rings (SSSR count). The Morgan fingerprint density at radius 3 is 2.27 bits per heavy atom. The summed E-state index contributed by atoms with van der Waals surface area (Å²) in [5.74, 6) is -0.231. The van der Waals surface area contributed by atoms with Crippen molar-refractivity contribution < 1.29 is 9.59 Å². The average Bonchev–Trinajstić information content (AvgIpc) is 3.27. The van der Waals surface area contributed by atoms with Gasteiger partial charge in [-0.3, -0.25) is 9.59 Å². The van der Waals surface area contributed by atoms with E-state index in [9.17, 15) is 9.59 Å². The summed E-state index contributed by atoms with van der Waals surface area (Å²) in [7, 11) is 0. The van der Waals surface area contributed by atoms with Crippen LogP contribution in [-0.4, -0.2) is 35.8 Å². The van der Waals surface area contributed by atoms with Crippen molar-refractivity contribution in [2.75, 3.05) is 13.1 Å². The average molecular weight is 321 g/mol. The normalized spacial score (nSPS) is 20.5. The zero-order valence-corrected chi connectivity index (χ0v) is 13.5. The summed E-state index contributed by atoms with van der Waals surface area (Å²) < 4.78 is 0. The van der Waals surface area contributed by atoms with Crippen molar-refractivity contribution in [3.05, 3.63) is 34.9 Å². The van der Waals surface area contributed by atoms with Crippen LogP contribution in [0.3, 0.4) is 0 Å². The first-order valence-corrected chi connectivity index (χ1v) is 8.22. The lowest BCUT2D eigenvalue weighted by Gasteiger charge is -2.33. The Morgan fingerprint density at radius 2 is 1.73 bits per heavy atom. The minimum Gasteiger partial charge on any atom is -0.341 e. The van der Waals surface area contributed by atoms with Crippen LogP contribution >= 0.6 is 11.6 Å². The summed E-state index contributed by atoms with van der Waals surface area (Å²) in [5, 5.41) is 3.36. The molecule has 1 aromatic rings. The van der Waals surface area contributed by atoms with Gasteiger partial charge < -0.3 is 10.2 Å². The predicted molar refractivity (Wildman–Crippen MR) is 85.9 cm³/mol. The monoisotopic (exact) mass is 320 g/mol. The standard InChI is InChI=1S/C17H21ClN2O2/c1-12(19-15(21)13-2-4-14(18)5-3-13)16(22)20-10-8-17(6-7-17)9-11-20/h2-5,12H,6-11H2,1H3,(H,19,21). The predicted octanol–water partition coefficient (Wildman–Crippen LogP) is 2.86. The van der Waals surface area contributed by atoms with E-state index in [-0.39, 0.29) is 11.8 Å². The molecular weight excluding hydrogens is 300 g/mol. The van der Waals surface area contributed by atoms with Gasteiger partial charge in [0.05, 0.1) is 0 Å². The molecule has 0 radical (unpaired) electrons. The van der Waals surface area contributed by atoms with Gasteiger partial charge in [-0.05, 0) is 62.3 Å². The SMILES string of the molecule is CC(NC(=O)c1ccc(Cl)cc1)C(=O)N1CCC2(CC1)CC2. The molecule has 5 heteroatoms. The summed E-state index contributed by atoms with van der Waals surface area (Å²) in [6.45, 7) is 3.39. The molecule has 1 atom stereocenters. The number of hydrogen-bond acceptors (Lipinski definition) is 2. The number of piperidine rings is 1. The molecule has 2 fully saturated rings. The van der Waals surface area contributed by atoms with Crippen LogP contribution in [0, 0.1) is 5.41 Å². The second-order valence-electron chi connectivity index (χ2n) is 6.53. The molecule has 0 bridgehead atoms. The molecule has 1 aromatic carbocycles. The van der Waals surface area contributed by atoms with E-state index < -0.39 is 6.04 Å². The molecule has 1 N–H and O–H groups in total. The van der Waals surface area contributed by atoms with Crippen molar-refractivity contribution in [1.82, 2.24) is 10.2 Å². The highest BCUT2D eigenvalue weighted by molar-refractivity contribution is 6.30. The van der Waals surface area contributed by atoms with Crippen LogP contribution in [0.5, 0.6) is 0 Å². The van der Waals surface area contributed by atoms with Crippen LogP contribution in [-0.2, 0) is 4.79 Å². The number of rotatable bonds is 3. The van der Waals surface area contributed by atoms with Gasteiger partial charge in [-0.1, -0.05) is 11.6 Å². The van der Waals surface area contributed by atoms with Crippen molar-refractivity contribution in [3.8, 4) is 0 Å². The minimum absolute atomic E-state index is 0.0119. The lowest BCUT2D eigenvalue weighted by Crippen LogP contribution is -2.49. The van der Waals surface area contributed by atoms with Crippen LogP contribution < -0.4 is 5.32 Å². The van der Waals surface area contributed by atoms with Crippen LogP contribution in [0.15, 0.2) is 24.3 Å². The summed E-state index contributed by atoms with van der Waals surface area (Å²) in [6.07, 6.45) is 4.85. The van der Waals surface area contributed by atoms with E-state index in [2.05, 4.69) is 5.32 Å². The molecular formula is C17H21ClN2O2. The Hall–Kier alpha value is -1.55. The van der Waals surface area contributed by atoms with Gasteiger partial charge in [-0.2, -0.15) is 0 Å². The van der Waals surface area contributed by atoms with Crippen LogP contribution in [0.1, 0.15) is 43.0 Å². The van der Waals surface area contributed by atoms with Gasteiger partial charge in [-0.25, -0.2) is 0 Å². The summed E-state index contributed by atoms with van der Waals surface area (Å²) in [6, 6.07) is 6.15. The highest BCUT2D eigenvalue weighted by Gasteiger charge is 2.45. The number of carbonyl (C=O) groups excluding carboxylic acids is 2. The third-order valence-electron chi connectivity index (χ3n) is 4.92. The number of likely N-dealkylation sites (tertiary alicyclic amines) is 1. The maximum absolute atomic E-state index is 12.4. The number of hydrogen-bond donors (Lipinski definition) is 1. The first-order chi connectivity index (χ1) is 10.5. The molecule has 1 saturated carbocycles. The molecule has 1 aliphatic heterocycles. The van der Waals surface area contributed by atoms with E-state index in [1.165, 1.54) is 12.8 Å². The van der Waals surface area contributed by atoms with Crippen LogP contribution in [0.2, 0.25) is 5.02 Å². The summed E-state index contributed by atoms with van der Waals surface area (Å²) >= 11 is 5.81.